The normalized spacial score (nSPS) is 11.2. The summed E-state index contributed by atoms with van der Waals surface area (Å²) in [6.07, 6.45) is 2.30. The minimum Gasteiger partial charge on any atom is -0.545 e. The summed E-state index contributed by atoms with van der Waals surface area (Å²) in [5.74, 6) is -1.28. The number of carbonyl (C=O) groups excluding carboxylic acids is 1. The molecule has 0 spiro atoms. The van der Waals surface area contributed by atoms with E-state index in [-0.39, 0.29) is 0 Å². The first-order chi connectivity index (χ1) is 9.49. The number of carboxylic acids is 1. The van der Waals surface area contributed by atoms with Crippen LogP contribution in [-0.2, 0) is 11.3 Å². The molecule has 20 heavy (non-hydrogen) atoms. The predicted octanol–water partition coefficient (Wildman–Crippen LogP) is 2.31. The van der Waals surface area contributed by atoms with Crippen LogP contribution in [0.1, 0.15) is 16.8 Å². The number of benzene rings is 1. The van der Waals surface area contributed by atoms with Gasteiger partial charge in [-0.2, -0.15) is 5.10 Å². The van der Waals surface area contributed by atoms with E-state index in [1.807, 2.05) is 18.2 Å². The second-order valence-electron chi connectivity index (χ2n) is 4.19. The van der Waals surface area contributed by atoms with Gasteiger partial charge in [-0.05, 0) is 30.7 Å². The van der Waals surface area contributed by atoms with Crippen LogP contribution < -0.4 is 5.11 Å². The molecule has 104 valence electrons. The lowest BCUT2D eigenvalue weighted by molar-refractivity contribution is -0.297. The van der Waals surface area contributed by atoms with Crippen LogP contribution in [0.5, 0.6) is 0 Å². The van der Waals surface area contributed by atoms with E-state index in [4.69, 9.17) is 23.2 Å². The van der Waals surface area contributed by atoms with Crippen molar-refractivity contribution in [2.75, 3.05) is 0 Å². The van der Waals surface area contributed by atoms with Crippen molar-refractivity contribution in [2.45, 2.75) is 13.5 Å². The van der Waals surface area contributed by atoms with E-state index in [9.17, 15) is 9.90 Å². The molecule has 0 unspecified atom stereocenters. The van der Waals surface area contributed by atoms with Crippen LogP contribution in [0.4, 0.5) is 0 Å². The maximum Gasteiger partial charge on any atom is 0.134 e. The van der Waals surface area contributed by atoms with Crippen LogP contribution in [0.25, 0.3) is 6.08 Å². The first kappa shape index (κ1) is 14.6. The zero-order valence-corrected chi connectivity index (χ0v) is 12.1. The average Bonchev–Trinajstić information content (AvgIpc) is 2.65. The maximum atomic E-state index is 10.5. The van der Waals surface area contributed by atoms with Crippen molar-refractivity contribution in [3.8, 4) is 0 Å². The summed E-state index contributed by atoms with van der Waals surface area (Å²) in [5, 5.41) is 15.7. The fourth-order valence-corrected chi connectivity index (χ4v) is 2.29. The third-order valence-corrected chi connectivity index (χ3v) is 3.54. The highest BCUT2D eigenvalue weighted by molar-refractivity contribution is 6.32. The fraction of sp³-hybridized carbons (Fsp3) is 0.143. The number of carboxylic acid groups (broad SMARTS) is 1. The smallest absolute Gasteiger partial charge is 0.134 e. The molecule has 0 amide bonds. The lowest BCUT2D eigenvalue weighted by Gasteiger charge is -2.05. The molecule has 4 nitrogen and oxygen atoms in total. The number of rotatable bonds is 4. The number of halogens is 2. The van der Waals surface area contributed by atoms with E-state index in [1.165, 1.54) is 6.08 Å². The molecule has 0 saturated heterocycles. The molecule has 6 heteroatoms. The van der Waals surface area contributed by atoms with Gasteiger partial charge in [-0.15, -0.1) is 0 Å². The summed E-state index contributed by atoms with van der Waals surface area (Å²) in [6.45, 7) is 2.17. The number of hydrogen-bond acceptors (Lipinski definition) is 3. The zero-order valence-electron chi connectivity index (χ0n) is 10.6. The van der Waals surface area contributed by atoms with E-state index in [0.29, 0.717) is 28.0 Å². The maximum absolute atomic E-state index is 10.5. The third kappa shape index (κ3) is 3.21. The lowest BCUT2D eigenvalue weighted by Crippen LogP contribution is -2.18. The lowest BCUT2D eigenvalue weighted by atomic mass is 10.2. The van der Waals surface area contributed by atoms with Crippen LogP contribution in [0, 0.1) is 6.92 Å². The SMILES string of the molecule is Cc1nn(Cc2ccccc2Cl)c(Cl)c1/C=C/C(=O)[O-]. The van der Waals surface area contributed by atoms with Crippen molar-refractivity contribution in [1.29, 1.82) is 0 Å². The number of hydrogen-bond donors (Lipinski definition) is 0. The molecule has 0 bridgehead atoms. The molecule has 0 N–H and O–H groups in total. The van der Waals surface area contributed by atoms with Crippen molar-refractivity contribution in [3.63, 3.8) is 0 Å². The monoisotopic (exact) mass is 309 g/mol. The number of aliphatic carboxylic acids is 1. The molecular formula is C14H11Cl2N2O2-. The fourth-order valence-electron chi connectivity index (χ4n) is 1.80. The van der Waals surface area contributed by atoms with Gasteiger partial charge < -0.3 is 9.90 Å². The summed E-state index contributed by atoms with van der Waals surface area (Å²) in [7, 11) is 0. The second-order valence-corrected chi connectivity index (χ2v) is 4.96. The minimum atomic E-state index is -1.28. The van der Waals surface area contributed by atoms with Gasteiger partial charge >= 0.3 is 0 Å². The van der Waals surface area contributed by atoms with Gasteiger partial charge in [0.1, 0.15) is 5.15 Å². The molecule has 2 rings (SSSR count). The van der Waals surface area contributed by atoms with Gasteiger partial charge in [-0.1, -0.05) is 41.4 Å². The number of nitrogens with zero attached hydrogens (tertiary/aromatic N) is 2. The molecule has 0 aliphatic heterocycles. The molecule has 0 radical (unpaired) electrons. The Kier molecular flexibility index (Phi) is 4.47. The topological polar surface area (TPSA) is 58.0 Å². The molecule has 0 atom stereocenters. The van der Waals surface area contributed by atoms with E-state index in [2.05, 4.69) is 5.10 Å². The van der Waals surface area contributed by atoms with Gasteiger partial charge in [0.25, 0.3) is 0 Å². The molecular weight excluding hydrogens is 299 g/mol. The highest BCUT2D eigenvalue weighted by atomic mass is 35.5. The Morgan fingerprint density at radius 2 is 2.10 bits per heavy atom. The van der Waals surface area contributed by atoms with Gasteiger partial charge in [0.2, 0.25) is 0 Å². The van der Waals surface area contributed by atoms with Gasteiger partial charge in [-0.3, -0.25) is 0 Å². The van der Waals surface area contributed by atoms with Crippen LogP contribution >= 0.6 is 23.2 Å². The minimum absolute atomic E-state index is 0.361. The molecule has 2 aromatic rings. The summed E-state index contributed by atoms with van der Waals surface area (Å²) in [5.41, 5.74) is 2.08. The Morgan fingerprint density at radius 3 is 2.75 bits per heavy atom. The van der Waals surface area contributed by atoms with Crippen LogP contribution in [0.3, 0.4) is 0 Å². The highest BCUT2D eigenvalue weighted by Crippen LogP contribution is 2.24. The largest absolute Gasteiger partial charge is 0.545 e. The van der Waals surface area contributed by atoms with Crippen LogP contribution in [-0.4, -0.2) is 15.7 Å². The van der Waals surface area contributed by atoms with Crippen molar-refractivity contribution >= 4 is 35.2 Å². The van der Waals surface area contributed by atoms with Gasteiger partial charge in [0.15, 0.2) is 0 Å². The number of aromatic nitrogens is 2. The van der Waals surface area contributed by atoms with Crippen molar-refractivity contribution in [1.82, 2.24) is 9.78 Å². The van der Waals surface area contributed by atoms with Gasteiger partial charge in [-0.25, -0.2) is 4.68 Å². The standard InChI is InChI=1S/C14H12Cl2N2O2/c1-9-11(6-7-13(19)20)14(16)18(17-9)8-10-4-2-3-5-12(10)15/h2-7H,8H2,1H3,(H,19,20)/p-1/b7-6+. The van der Waals surface area contributed by atoms with Crippen molar-refractivity contribution in [3.05, 3.63) is 57.3 Å². The van der Waals surface area contributed by atoms with E-state index < -0.39 is 5.97 Å². The molecule has 1 aromatic heterocycles. The second kappa shape index (κ2) is 6.11. The summed E-state index contributed by atoms with van der Waals surface area (Å²) >= 11 is 12.3. The predicted molar refractivity (Wildman–Crippen MR) is 76.6 cm³/mol. The Labute approximate surface area is 126 Å². The summed E-state index contributed by atoms with van der Waals surface area (Å²) in [4.78, 5) is 10.5. The molecule has 0 aliphatic rings. The first-order valence-corrected chi connectivity index (χ1v) is 6.60. The van der Waals surface area contributed by atoms with E-state index >= 15 is 0 Å². The summed E-state index contributed by atoms with van der Waals surface area (Å²) in [6, 6.07) is 7.39. The van der Waals surface area contributed by atoms with Crippen molar-refractivity contribution in [2.24, 2.45) is 0 Å². The third-order valence-electron chi connectivity index (χ3n) is 2.77. The van der Waals surface area contributed by atoms with Gasteiger partial charge in [0.05, 0.1) is 18.2 Å². The zero-order chi connectivity index (χ0) is 14.7. The highest BCUT2D eigenvalue weighted by Gasteiger charge is 2.12. The van der Waals surface area contributed by atoms with E-state index in [0.717, 1.165) is 11.6 Å². The van der Waals surface area contributed by atoms with Crippen LogP contribution in [0.15, 0.2) is 30.3 Å². The average molecular weight is 310 g/mol. The Morgan fingerprint density at radius 1 is 1.40 bits per heavy atom. The quantitative estimate of drug-likeness (QED) is 0.814. The Bertz CT molecular complexity index is 678. The molecule has 1 heterocycles. The number of carbonyl (C=O) groups is 1. The van der Waals surface area contributed by atoms with Gasteiger partial charge in [0, 0.05) is 10.6 Å². The first-order valence-electron chi connectivity index (χ1n) is 5.84. The van der Waals surface area contributed by atoms with Crippen molar-refractivity contribution < 1.29 is 9.90 Å². The Hall–Kier alpha value is -1.78. The Balaban J connectivity index is 2.33. The van der Waals surface area contributed by atoms with E-state index in [1.54, 1.807) is 17.7 Å². The van der Waals surface area contributed by atoms with Crippen LogP contribution in [0.2, 0.25) is 10.2 Å². The molecule has 0 aliphatic carbocycles. The number of aryl methyl sites for hydroxylation is 1. The molecule has 0 fully saturated rings. The molecule has 0 saturated carbocycles. The summed E-state index contributed by atoms with van der Waals surface area (Å²) < 4.78 is 1.58. The molecule has 1 aromatic carbocycles.